The van der Waals surface area contributed by atoms with Gasteiger partial charge in [0.1, 0.15) is 11.6 Å². The van der Waals surface area contributed by atoms with E-state index in [1.54, 1.807) is 17.7 Å². The fourth-order valence-electron chi connectivity index (χ4n) is 2.62. The van der Waals surface area contributed by atoms with Crippen molar-refractivity contribution in [2.75, 3.05) is 12.8 Å². The van der Waals surface area contributed by atoms with Crippen LogP contribution in [-0.4, -0.2) is 21.5 Å². The van der Waals surface area contributed by atoms with E-state index in [9.17, 15) is 4.79 Å². The summed E-state index contributed by atoms with van der Waals surface area (Å²) in [6.45, 7) is 1.19. The van der Waals surface area contributed by atoms with E-state index in [1.807, 2.05) is 12.1 Å². The number of methoxy groups -OCH3 is 1. The van der Waals surface area contributed by atoms with Crippen LogP contribution in [0.5, 0.6) is 5.75 Å². The first-order chi connectivity index (χ1) is 9.67. The molecule has 2 heterocycles. The van der Waals surface area contributed by atoms with Gasteiger partial charge in [-0.2, -0.15) is 5.10 Å². The molecule has 106 valence electrons. The van der Waals surface area contributed by atoms with E-state index < -0.39 is 0 Å². The Hall–Kier alpha value is -2.24. The third-order valence-electron chi connectivity index (χ3n) is 3.59. The lowest BCUT2D eigenvalue weighted by Crippen LogP contribution is -2.27. The second-order valence-corrected chi connectivity index (χ2v) is 5.08. The van der Waals surface area contributed by atoms with Crippen LogP contribution in [0.4, 0.5) is 5.69 Å². The molecule has 0 radical (unpaired) electrons. The van der Waals surface area contributed by atoms with Crippen molar-refractivity contribution in [2.24, 2.45) is 0 Å². The SMILES string of the molecule is COc1cc(N)cc(Cn2nc3n(c2=O)CCCC3)c1. The quantitative estimate of drug-likeness (QED) is 0.848. The number of nitrogens with zero attached hydrogens (tertiary/aromatic N) is 3. The molecule has 1 aliphatic heterocycles. The van der Waals surface area contributed by atoms with Crippen LogP contribution in [0.15, 0.2) is 23.0 Å². The lowest BCUT2D eigenvalue weighted by atomic mass is 10.2. The van der Waals surface area contributed by atoms with Crippen LogP contribution in [0.3, 0.4) is 0 Å². The molecule has 1 aliphatic rings. The number of anilines is 1. The van der Waals surface area contributed by atoms with Crippen LogP contribution in [0.1, 0.15) is 24.2 Å². The third kappa shape index (κ3) is 2.29. The minimum Gasteiger partial charge on any atom is -0.497 e. The molecule has 0 unspecified atom stereocenters. The normalized spacial score (nSPS) is 14.1. The Kier molecular flexibility index (Phi) is 3.22. The molecule has 2 aromatic rings. The van der Waals surface area contributed by atoms with E-state index in [1.165, 1.54) is 4.68 Å². The maximum absolute atomic E-state index is 12.3. The molecule has 1 aromatic heterocycles. The molecule has 0 spiro atoms. The second-order valence-electron chi connectivity index (χ2n) is 5.08. The Morgan fingerprint density at radius 3 is 2.95 bits per heavy atom. The molecule has 0 atom stereocenters. The molecule has 2 N–H and O–H groups in total. The van der Waals surface area contributed by atoms with E-state index in [-0.39, 0.29) is 5.69 Å². The summed E-state index contributed by atoms with van der Waals surface area (Å²) in [6, 6.07) is 5.47. The minimum absolute atomic E-state index is 0.0407. The smallest absolute Gasteiger partial charge is 0.346 e. The van der Waals surface area contributed by atoms with Gasteiger partial charge in [-0.25, -0.2) is 9.48 Å². The number of rotatable bonds is 3. The maximum Gasteiger partial charge on any atom is 0.346 e. The van der Waals surface area contributed by atoms with Crippen molar-refractivity contribution in [3.63, 3.8) is 0 Å². The molecule has 0 amide bonds. The van der Waals surface area contributed by atoms with Gasteiger partial charge in [-0.3, -0.25) is 4.57 Å². The molecule has 0 fully saturated rings. The van der Waals surface area contributed by atoms with Crippen molar-refractivity contribution in [1.82, 2.24) is 14.3 Å². The highest BCUT2D eigenvalue weighted by Crippen LogP contribution is 2.19. The summed E-state index contributed by atoms with van der Waals surface area (Å²) < 4.78 is 8.47. The average Bonchev–Trinajstić information content (AvgIpc) is 2.75. The Balaban J connectivity index is 1.93. The highest BCUT2D eigenvalue weighted by atomic mass is 16.5. The summed E-state index contributed by atoms with van der Waals surface area (Å²) in [5, 5.41) is 4.42. The molecule has 20 heavy (non-hydrogen) atoms. The fraction of sp³-hybridized carbons (Fsp3) is 0.429. The van der Waals surface area contributed by atoms with E-state index >= 15 is 0 Å². The Morgan fingerprint density at radius 2 is 2.20 bits per heavy atom. The van der Waals surface area contributed by atoms with Gasteiger partial charge in [0.25, 0.3) is 0 Å². The number of ether oxygens (including phenoxy) is 1. The molecule has 3 rings (SSSR count). The lowest BCUT2D eigenvalue weighted by molar-refractivity contribution is 0.414. The average molecular weight is 274 g/mol. The standard InChI is InChI=1S/C14H18N4O2/c1-20-12-7-10(6-11(15)8-12)9-18-14(19)17-5-3-2-4-13(17)16-18/h6-8H,2-5,9,15H2,1H3. The Labute approximate surface area is 116 Å². The Morgan fingerprint density at radius 1 is 1.35 bits per heavy atom. The highest BCUT2D eigenvalue weighted by molar-refractivity contribution is 5.47. The van der Waals surface area contributed by atoms with Crippen LogP contribution in [0.25, 0.3) is 0 Å². The van der Waals surface area contributed by atoms with Crippen LogP contribution in [-0.2, 0) is 19.5 Å². The number of benzene rings is 1. The molecule has 0 aliphatic carbocycles. The van der Waals surface area contributed by atoms with Gasteiger partial charge in [-0.05, 0) is 30.5 Å². The van der Waals surface area contributed by atoms with Crippen LogP contribution in [0.2, 0.25) is 0 Å². The number of fused-ring (bicyclic) bond motifs is 1. The largest absolute Gasteiger partial charge is 0.497 e. The Bertz CT molecular complexity index is 687. The number of aromatic nitrogens is 3. The molecule has 6 nitrogen and oxygen atoms in total. The first-order valence-electron chi connectivity index (χ1n) is 6.77. The van der Waals surface area contributed by atoms with Crippen LogP contribution >= 0.6 is 0 Å². The molecule has 0 bridgehead atoms. The number of nitrogen functional groups attached to an aromatic ring is 1. The lowest BCUT2D eigenvalue weighted by Gasteiger charge is -2.09. The van der Waals surface area contributed by atoms with Crippen LogP contribution in [0, 0.1) is 0 Å². The van der Waals surface area contributed by atoms with Crippen molar-refractivity contribution < 1.29 is 4.74 Å². The van der Waals surface area contributed by atoms with Gasteiger partial charge in [0.2, 0.25) is 0 Å². The van der Waals surface area contributed by atoms with Crippen LogP contribution < -0.4 is 16.2 Å². The molecular formula is C14H18N4O2. The predicted molar refractivity (Wildman–Crippen MR) is 75.9 cm³/mol. The summed E-state index contributed by atoms with van der Waals surface area (Å²) in [4.78, 5) is 12.3. The van der Waals surface area contributed by atoms with Gasteiger partial charge in [-0.15, -0.1) is 0 Å². The molecule has 0 saturated heterocycles. The number of hydrogen-bond donors (Lipinski definition) is 1. The zero-order valence-corrected chi connectivity index (χ0v) is 11.5. The van der Waals surface area contributed by atoms with E-state index in [0.717, 1.165) is 37.2 Å². The molecule has 6 heteroatoms. The van der Waals surface area contributed by atoms with Gasteiger partial charge in [0.15, 0.2) is 0 Å². The summed E-state index contributed by atoms with van der Waals surface area (Å²) in [6.07, 6.45) is 3.02. The van der Waals surface area contributed by atoms with Crippen molar-refractivity contribution in [3.05, 3.63) is 40.1 Å². The fourth-order valence-corrected chi connectivity index (χ4v) is 2.62. The van der Waals surface area contributed by atoms with Gasteiger partial charge in [-0.1, -0.05) is 0 Å². The van der Waals surface area contributed by atoms with Crippen molar-refractivity contribution in [1.29, 1.82) is 0 Å². The summed E-state index contributed by atoms with van der Waals surface area (Å²) in [5.74, 6) is 1.58. The first kappa shape index (κ1) is 12.8. The number of hydrogen-bond acceptors (Lipinski definition) is 4. The van der Waals surface area contributed by atoms with Gasteiger partial charge >= 0.3 is 5.69 Å². The van der Waals surface area contributed by atoms with Gasteiger partial charge in [0.05, 0.1) is 13.7 Å². The first-order valence-corrected chi connectivity index (χ1v) is 6.77. The van der Waals surface area contributed by atoms with E-state index in [2.05, 4.69) is 5.10 Å². The van der Waals surface area contributed by atoms with Crippen molar-refractivity contribution in [2.45, 2.75) is 32.4 Å². The summed E-state index contributed by atoms with van der Waals surface area (Å²) in [7, 11) is 1.60. The van der Waals surface area contributed by atoms with Gasteiger partial charge in [0, 0.05) is 24.7 Å². The zero-order chi connectivity index (χ0) is 14.1. The van der Waals surface area contributed by atoms with Crippen molar-refractivity contribution >= 4 is 5.69 Å². The molecule has 0 saturated carbocycles. The topological polar surface area (TPSA) is 75.1 Å². The maximum atomic E-state index is 12.3. The second kappa shape index (κ2) is 5.03. The summed E-state index contributed by atoms with van der Waals surface area (Å²) >= 11 is 0. The van der Waals surface area contributed by atoms with E-state index in [0.29, 0.717) is 18.0 Å². The van der Waals surface area contributed by atoms with Crippen molar-refractivity contribution in [3.8, 4) is 5.75 Å². The number of aryl methyl sites for hydroxylation is 1. The zero-order valence-electron chi connectivity index (χ0n) is 11.5. The number of nitrogens with two attached hydrogens (primary N) is 1. The third-order valence-corrected chi connectivity index (χ3v) is 3.59. The summed E-state index contributed by atoms with van der Waals surface area (Å²) in [5.41, 5.74) is 7.33. The predicted octanol–water partition coefficient (Wildman–Crippen LogP) is 1.02. The minimum atomic E-state index is -0.0407. The molecular weight excluding hydrogens is 256 g/mol. The highest BCUT2D eigenvalue weighted by Gasteiger charge is 2.16. The molecule has 1 aromatic carbocycles. The van der Waals surface area contributed by atoms with Gasteiger partial charge < -0.3 is 10.5 Å². The van der Waals surface area contributed by atoms with E-state index in [4.69, 9.17) is 10.5 Å². The monoisotopic (exact) mass is 274 g/mol.